The second-order valence-electron chi connectivity index (χ2n) is 6.53. The van der Waals surface area contributed by atoms with Gasteiger partial charge in [0.05, 0.1) is 0 Å². The normalized spacial score (nSPS) is 12.2. The molecule has 0 radical (unpaired) electrons. The Morgan fingerprint density at radius 2 is 1.70 bits per heavy atom. The van der Waals surface area contributed by atoms with Crippen molar-refractivity contribution < 1.29 is 9.84 Å². The van der Waals surface area contributed by atoms with Crippen LogP contribution in [0.25, 0.3) is 17.2 Å². The zero-order chi connectivity index (χ0) is 19.1. The van der Waals surface area contributed by atoms with Crippen LogP contribution in [0.4, 0.5) is 0 Å². The average molecular weight is 362 g/mol. The number of benzene rings is 1. The van der Waals surface area contributed by atoms with Gasteiger partial charge in [-0.25, -0.2) is 0 Å². The monoisotopic (exact) mass is 362 g/mol. The largest absolute Gasteiger partial charge is 0.508 e. The Morgan fingerprint density at radius 3 is 2.44 bits per heavy atom. The third-order valence-electron chi connectivity index (χ3n) is 4.69. The van der Waals surface area contributed by atoms with E-state index in [0.717, 1.165) is 11.1 Å². The van der Waals surface area contributed by atoms with E-state index in [1.807, 2.05) is 18.2 Å². The predicted molar refractivity (Wildman–Crippen MR) is 103 cm³/mol. The van der Waals surface area contributed by atoms with Gasteiger partial charge in [0.25, 0.3) is 11.1 Å². The number of aromatic nitrogens is 2. The molecule has 0 atom stereocenters. The predicted octanol–water partition coefficient (Wildman–Crippen LogP) is 2.82. The second kappa shape index (κ2) is 6.32. The van der Waals surface area contributed by atoms with Crippen LogP contribution in [0.3, 0.4) is 0 Å². The number of phenolic OH excluding ortho intramolecular Hbond substituents is 1. The Balaban J connectivity index is 1.94. The molecule has 136 valence electrons. The van der Waals surface area contributed by atoms with Gasteiger partial charge < -0.3 is 19.0 Å². The van der Waals surface area contributed by atoms with Crippen LogP contribution in [-0.4, -0.2) is 14.2 Å². The molecule has 3 aromatic rings. The van der Waals surface area contributed by atoms with E-state index in [1.54, 1.807) is 38.6 Å². The zero-order valence-corrected chi connectivity index (χ0v) is 15.0. The smallest absolute Gasteiger partial charge is 0.293 e. The summed E-state index contributed by atoms with van der Waals surface area (Å²) in [6.45, 7) is 0. The summed E-state index contributed by atoms with van der Waals surface area (Å²) in [7, 11) is 3.35. The van der Waals surface area contributed by atoms with Crippen LogP contribution < -0.4 is 15.9 Å². The Hall–Kier alpha value is -3.54. The molecule has 27 heavy (non-hydrogen) atoms. The molecule has 0 fully saturated rings. The molecule has 1 N–H and O–H groups in total. The quantitative estimate of drug-likeness (QED) is 0.778. The van der Waals surface area contributed by atoms with E-state index in [-0.39, 0.29) is 22.6 Å². The molecular formula is C21H18N2O4. The van der Waals surface area contributed by atoms with Crippen LogP contribution >= 0.6 is 0 Å². The van der Waals surface area contributed by atoms with Crippen molar-refractivity contribution in [2.45, 2.75) is 6.42 Å². The molecule has 0 amide bonds. The number of hydrogen-bond donors (Lipinski definition) is 1. The Labute approximate surface area is 155 Å². The Morgan fingerprint density at radius 1 is 0.963 bits per heavy atom. The van der Waals surface area contributed by atoms with E-state index in [2.05, 4.69) is 0 Å². The molecule has 0 saturated carbocycles. The van der Waals surface area contributed by atoms with E-state index < -0.39 is 0 Å². The fourth-order valence-corrected chi connectivity index (χ4v) is 3.26. The molecule has 0 spiro atoms. The topological polar surface area (TPSA) is 73.5 Å². The van der Waals surface area contributed by atoms with Crippen LogP contribution in [0.1, 0.15) is 11.1 Å². The van der Waals surface area contributed by atoms with Gasteiger partial charge in [-0.2, -0.15) is 0 Å². The first-order valence-electron chi connectivity index (χ1n) is 8.51. The van der Waals surface area contributed by atoms with E-state index in [0.29, 0.717) is 23.3 Å². The lowest BCUT2D eigenvalue weighted by atomic mass is 9.99. The fraction of sp³-hybridized carbons (Fsp3) is 0.143. The summed E-state index contributed by atoms with van der Waals surface area (Å²) in [6.07, 6.45) is 7.84. The van der Waals surface area contributed by atoms with E-state index in [4.69, 9.17) is 4.74 Å². The molecule has 0 unspecified atom stereocenters. The van der Waals surface area contributed by atoms with Crippen molar-refractivity contribution >= 4 is 6.08 Å². The van der Waals surface area contributed by atoms with Crippen molar-refractivity contribution in [3.05, 3.63) is 80.6 Å². The number of pyridine rings is 2. The minimum absolute atomic E-state index is 0.0383. The maximum Gasteiger partial charge on any atom is 0.293 e. The van der Waals surface area contributed by atoms with Gasteiger partial charge in [-0.1, -0.05) is 12.2 Å². The van der Waals surface area contributed by atoms with Gasteiger partial charge in [-0.3, -0.25) is 9.59 Å². The molecule has 6 nitrogen and oxygen atoms in total. The minimum atomic E-state index is -0.287. The van der Waals surface area contributed by atoms with Crippen LogP contribution in [0.5, 0.6) is 17.2 Å². The third kappa shape index (κ3) is 2.85. The van der Waals surface area contributed by atoms with Crippen molar-refractivity contribution in [2.75, 3.05) is 0 Å². The summed E-state index contributed by atoms with van der Waals surface area (Å²) in [5, 5.41) is 9.46. The van der Waals surface area contributed by atoms with E-state index >= 15 is 0 Å². The van der Waals surface area contributed by atoms with Crippen LogP contribution in [0.2, 0.25) is 0 Å². The molecule has 1 aromatic carbocycles. The maximum atomic E-state index is 12.8. The molecule has 0 bridgehead atoms. The number of aryl methyl sites for hydroxylation is 2. The SMILES string of the molecule is Cn1cc(-c2ccn(C)c(=O)c2Oc2ccc(O)cc2)c2c(c1=O)CC=C2. The number of ether oxygens (including phenoxy) is 1. The Bertz CT molecular complexity index is 1180. The highest BCUT2D eigenvalue weighted by Gasteiger charge is 2.21. The number of fused-ring (bicyclic) bond motifs is 1. The molecule has 2 aromatic heterocycles. The Kier molecular flexibility index (Phi) is 3.96. The first-order valence-corrected chi connectivity index (χ1v) is 8.51. The first kappa shape index (κ1) is 16.9. The van der Waals surface area contributed by atoms with Crippen molar-refractivity contribution in [1.82, 2.24) is 9.13 Å². The summed E-state index contributed by atoms with van der Waals surface area (Å²) >= 11 is 0. The van der Waals surface area contributed by atoms with Gasteiger partial charge in [0.1, 0.15) is 11.5 Å². The van der Waals surface area contributed by atoms with Crippen LogP contribution in [-0.2, 0) is 20.5 Å². The van der Waals surface area contributed by atoms with Gasteiger partial charge in [-0.05, 0) is 42.3 Å². The number of phenols is 1. The average Bonchev–Trinajstić information content (AvgIpc) is 3.14. The van der Waals surface area contributed by atoms with Crippen LogP contribution in [0, 0.1) is 0 Å². The molecule has 0 saturated heterocycles. The lowest BCUT2D eigenvalue weighted by Crippen LogP contribution is -2.22. The van der Waals surface area contributed by atoms with Gasteiger partial charge >= 0.3 is 0 Å². The number of nitrogens with zero attached hydrogens (tertiary/aromatic N) is 2. The third-order valence-corrected chi connectivity index (χ3v) is 4.69. The number of aromatic hydroxyl groups is 1. The molecule has 6 heteroatoms. The van der Waals surface area contributed by atoms with Gasteiger partial charge in [0.15, 0.2) is 5.75 Å². The standard InChI is InChI=1S/C21H18N2O4/c1-22-11-10-16(18-12-23(2)20(25)17-5-3-4-15(17)18)19(21(22)26)27-14-8-6-13(24)7-9-14/h3-4,6-12,24H,5H2,1-2H3. The summed E-state index contributed by atoms with van der Waals surface area (Å²) in [6, 6.07) is 7.99. The number of allylic oxidation sites excluding steroid dienone is 1. The van der Waals surface area contributed by atoms with Crippen molar-refractivity contribution in [1.29, 1.82) is 0 Å². The maximum absolute atomic E-state index is 12.8. The molecule has 0 aliphatic heterocycles. The van der Waals surface area contributed by atoms with Crippen molar-refractivity contribution in [3.8, 4) is 28.4 Å². The molecule has 4 rings (SSSR count). The lowest BCUT2D eigenvalue weighted by molar-refractivity contribution is 0.459. The van der Waals surface area contributed by atoms with Gasteiger partial charge in [0.2, 0.25) is 0 Å². The molecule has 1 aliphatic carbocycles. The molecular weight excluding hydrogens is 344 g/mol. The minimum Gasteiger partial charge on any atom is -0.508 e. The van der Waals surface area contributed by atoms with Gasteiger partial charge in [0, 0.05) is 43.2 Å². The summed E-state index contributed by atoms with van der Waals surface area (Å²) < 4.78 is 8.88. The highest BCUT2D eigenvalue weighted by Crippen LogP contribution is 2.35. The van der Waals surface area contributed by atoms with E-state index in [9.17, 15) is 14.7 Å². The lowest BCUT2D eigenvalue weighted by Gasteiger charge is -2.15. The fourth-order valence-electron chi connectivity index (χ4n) is 3.26. The van der Waals surface area contributed by atoms with Crippen molar-refractivity contribution in [3.63, 3.8) is 0 Å². The highest BCUT2D eigenvalue weighted by atomic mass is 16.5. The van der Waals surface area contributed by atoms with E-state index in [1.165, 1.54) is 21.3 Å². The molecule has 1 aliphatic rings. The number of hydrogen-bond acceptors (Lipinski definition) is 4. The number of rotatable bonds is 3. The van der Waals surface area contributed by atoms with Crippen LogP contribution in [0.15, 0.2) is 58.4 Å². The summed E-state index contributed by atoms with van der Waals surface area (Å²) in [5.41, 5.74) is 2.60. The summed E-state index contributed by atoms with van der Waals surface area (Å²) in [4.78, 5) is 25.2. The zero-order valence-electron chi connectivity index (χ0n) is 15.0. The second-order valence-corrected chi connectivity index (χ2v) is 6.53. The van der Waals surface area contributed by atoms with Crippen molar-refractivity contribution in [2.24, 2.45) is 14.1 Å². The molecule has 2 heterocycles. The first-order chi connectivity index (χ1) is 13.0. The highest BCUT2D eigenvalue weighted by molar-refractivity contribution is 5.81. The summed E-state index contributed by atoms with van der Waals surface area (Å²) in [5.74, 6) is 0.728. The van der Waals surface area contributed by atoms with Gasteiger partial charge in [-0.15, -0.1) is 0 Å².